The number of aromatic nitrogens is 4. The van der Waals surface area contributed by atoms with Crippen molar-refractivity contribution in [2.75, 3.05) is 19.7 Å². The predicted octanol–water partition coefficient (Wildman–Crippen LogP) is 0.840. The van der Waals surface area contributed by atoms with Crippen molar-refractivity contribution in [2.24, 2.45) is 0 Å². The SMILES string of the molecule is CC(C)c1nnc2sc(CC3CNCCO3)nn12. The molecule has 0 aromatic carbocycles. The largest absolute Gasteiger partial charge is 0.375 e. The number of morpholine rings is 1. The molecule has 1 atom stereocenters. The van der Waals surface area contributed by atoms with E-state index in [1.165, 1.54) is 0 Å². The maximum atomic E-state index is 5.69. The van der Waals surface area contributed by atoms with Gasteiger partial charge in [-0.25, -0.2) is 0 Å². The highest BCUT2D eigenvalue weighted by atomic mass is 32.1. The Kier molecular flexibility index (Phi) is 3.27. The van der Waals surface area contributed by atoms with Crippen LogP contribution in [0.25, 0.3) is 4.96 Å². The zero-order valence-electron chi connectivity index (χ0n) is 10.6. The summed E-state index contributed by atoms with van der Waals surface area (Å²) in [4.78, 5) is 0.873. The van der Waals surface area contributed by atoms with Crippen molar-refractivity contribution >= 4 is 16.3 Å². The number of fused-ring (bicyclic) bond motifs is 1. The maximum Gasteiger partial charge on any atom is 0.234 e. The van der Waals surface area contributed by atoms with Gasteiger partial charge in [0.15, 0.2) is 5.82 Å². The van der Waals surface area contributed by atoms with Crippen molar-refractivity contribution in [2.45, 2.75) is 32.3 Å². The van der Waals surface area contributed by atoms with Gasteiger partial charge in [-0.05, 0) is 0 Å². The van der Waals surface area contributed by atoms with E-state index in [1.54, 1.807) is 11.3 Å². The molecule has 0 spiro atoms. The summed E-state index contributed by atoms with van der Waals surface area (Å²) < 4.78 is 7.55. The Hall–Kier alpha value is -1.05. The van der Waals surface area contributed by atoms with Gasteiger partial charge in [0.05, 0.1) is 12.7 Å². The average molecular weight is 267 g/mol. The molecule has 0 saturated carbocycles. The van der Waals surface area contributed by atoms with Crippen LogP contribution in [0, 0.1) is 0 Å². The zero-order chi connectivity index (χ0) is 12.5. The summed E-state index contributed by atoms with van der Waals surface area (Å²) in [6.45, 7) is 6.83. The quantitative estimate of drug-likeness (QED) is 0.893. The minimum absolute atomic E-state index is 0.227. The van der Waals surface area contributed by atoms with Crippen LogP contribution in [0.3, 0.4) is 0 Å². The van der Waals surface area contributed by atoms with Crippen LogP contribution in [-0.4, -0.2) is 45.6 Å². The van der Waals surface area contributed by atoms with Gasteiger partial charge in [0, 0.05) is 25.4 Å². The van der Waals surface area contributed by atoms with Gasteiger partial charge in [0.1, 0.15) is 5.01 Å². The summed E-state index contributed by atoms with van der Waals surface area (Å²) >= 11 is 1.60. The van der Waals surface area contributed by atoms with Gasteiger partial charge in [0.2, 0.25) is 4.96 Å². The van der Waals surface area contributed by atoms with Gasteiger partial charge in [0.25, 0.3) is 0 Å². The van der Waals surface area contributed by atoms with Crippen LogP contribution in [0.5, 0.6) is 0 Å². The Morgan fingerprint density at radius 3 is 3.11 bits per heavy atom. The molecular formula is C11H17N5OS. The summed E-state index contributed by atoms with van der Waals surface area (Å²) in [6, 6.07) is 0. The molecule has 0 amide bonds. The van der Waals surface area contributed by atoms with Crippen LogP contribution < -0.4 is 5.32 Å². The van der Waals surface area contributed by atoms with Gasteiger partial charge >= 0.3 is 0 Å². The Morgan fingerprint density at radius 2 is 2.39 bits per heavy atom. The number of hydrogen-bond acceptors (Lipinski definition) is 6. The van der Waals surface area contributed by atoms with Gasteiger partial charge in [-0.2, -0.15) is 9.61 Å². The van der Waals surface area contributed by atoms with Crippen LogP contribution in [0.4, 0.5) is 0 Å². The monoisotopic (exact) mass is 267 g/mol. The van der Waals surface area contributed by atoms with Crippen molar-refractivity contribution in [3.05, 3.63) is 10.8 Å². The second kappa shape index (κ2) is 4.91. The first-order valence-corrected chi connectivity index (χ1v) is 7.09. The van der Waals surface area contributed by atoms with E-state index in [0.29, 0.717) is 5.92 Å². The molecule has 2 aromatic rings. The molecule has 0 radical (unpaired) electrons. The van der Waals surface area contributed by atoms with E-state index < -0.39 is 0 Å². The third-order valence-electron chi connectivity index (χ3n) is 2.98. The molecule has 1 N–H and O–H groups in total. The van der Waals surface area contributed by atoms with Gasteiger partial charge in [-0.15, -0.1) is 10.2 Å². The molecule has 18 heavy (non-hydrogen) atoms. The molecule has 98 valence electrons. The molecule has 7 heteroatoms. The van der Waals surface area contributed by atoms with Crippen molar-refractivity contribution in [1.82, 2.24) is 25.1 Å². The lowest BCUT2D eigenvalue weighted by molar-refractivity contribution is 0.0291. The Balaban J connectivity index is 1.80. The Bertz CT molecular complexity index is 529. The molecule has 1 fully saturated rings. The highest BCUT2D eigenvalue weighted by Gasteiger charge is 2.19. The van der Waals surface area contributed by atoms with Crippen LogP contribution in [0.2, 0.25) is 0 Å². The Morgan fingerprint density at radius 1 is 1.50 bits per heavy atom. The van der Waals surface area contributed by atoms with Gasteiger partial charge in [-0.3, -0.25) is 0 Å². The number of hydrogen-bond donors (Lipinski definition) is 1. The Labute approximate surface area is 109 Å². The molecule has 3 heterocycles. The summed E-state index contributed by atoms with van der Waals surface area (Å²) in [5.41, 5.74) is 0. The van der Waals surface area contributed by atoms with Crippen molar-refractivity contribution in [3.63, 3.8) is 0 Å². The molecule has 2 aromatic heterocycles. The highest BCUT2D eigenvalue weighted by Crippen LogP contribution is 2.20. The lowest BCUT2D eigenvalue weighted by atomic mass is 10.2. The van der Waals surface area contributed by atoms with E-state index in [-0.39, 0.29) is 6.10 Å². The third kappa shape index (κ3) is 2.25. The highest BCUT2D eigenvalue weighted by molar-refractivity contribution is 7.16. The zero-order valence-corrected chi connectivity index (χ0v) is 11.4. The summed E-state index contributed by atoms with van der Waals surface area (Å²) in [5, 5.41) is 17.3. The van der Waals surface area contributed by atoms with Crippen molar-refractivity contribution < 1.29 is 4.74 Å². The lowest BCUT2D eigenvalue weighted by Crippen LogP contribution is -2.39. The molecule has 3 rings (SSSR count). The second-order valence-corrected chi connectivity index (χ2v) is 5.84. The molecule has 0 aliphatic carbocycles. The molecular weight excluding hydrogens is 250 g/mol. The number of nitrogens with one attached hydrogen (secondary N) is 1. The topological polar surface area (TPSA) is 64.3 Å². The van der Waals surface area contributed by atoms with E-state index in [1.807, 2.05) is 4.52 Å². The molecule has 0 bridgehead atoms. The van der Waals surface area contributed by atoms with Gasteiger partial charge < -0.3 is 10.1 Å². The smallest absolute Gasteiger partial charge is 0.234 e. The van der Waals surface area contributed by atoms with E-state index in [0.717, 1.165) is 41.9 Å². The minimum Gasteiger partial charge on any atom is -0.375 e. The van der Waals surface area contributed by atoms with Gasteiger partial charge in [-0.1, -0.05) is 25.2 Å². The maximum absolute atomic E-state index is 5.69. The summed E-state index contributed by atoms with van der Waals surface area (Å²) in [7, 11) is 0. The lowest BCUT2D eigenvalue weighted by Gasteiger charge is -2.22. The normalized spacial score (nSPS) is 20.9. The molecule has 6 nitrogen and oxygen atoms in total. The van der Waals surface area contributed by atoms with Crippen molar-refractivity contribution in [1.29, 1.82) is 0 Å². The van der Waals surface area contributed by atoms with Crippen LogP contribution in [0.15, 0.2) is 0 Å². The molecule has 1 aliphatic rings. The fourth-order valence-electron chi connectivity index (χ4n) is 2.06. The average Bonchev–Trinajstić information content (AvgIpc) is 2.89. The van der Waals surface area contributed by atoms with E-state index in [9.17, 15) is 0 Å². The standard InChI is InChI=1S/C11H17N5OS/c1-7(2)10-13-14-11-16(10)15-9(18-11)5-8-6-12-3-4-17-8/h7-8,12H,3-6H2,1-2H3. The second-order valence-electron chi connectivity index (χ2n) is 4.80. The summed E-state index contributed by atoms with van der Waals surface area (Å²) in [5.74, 6) is 1.26. The van der Waals surface area contributed by atoms with Crippen LogP contribution in [-0.2, 0) is 11.2 Å². The first-order valence-electron chi connectivity index (χ1n) is 6.27. The number of ether oxygens (including phenoxy) is 1. The molecule has 1 saturated heterocycles. The van der Waals surface area contributed by atoms with E-state index in [2.05, 4.69) is 34.5 Å². The van der Waals surface area contributed by atoms with Crippen LogP contribution in [0.1, 0.15) is 30.6 Å². The van der Waals surface area contributed by atoms with Crippen LogP contribution >= 0.6 is 11.3 Å². The van der Waals surface area contributed by atoms with E-state index in [4.69, 9.17) is 4.74 Å². The third-order valence-corrected chi connectivity index (χ3v) is 3.90. The fourth-order valence-corrected chi connectivity index (χ4v) is 2.96. The summed E-state index contributed by atoms with van der Waals surface area (Å²) in [6.07, 6.45) is 1.07. The first-order chi connectivity index (χ1) is 8.74. The van der Waals surface area contributed by atoms with Crippen molar-refractivity contribution in [3.8, 4) is 0 Å². The van der Waals surface area contributed by atoms with E-state index >= 15 is 0 Å². The number of nitrogens with zero attached hydrogens (tertiary/aromatic N) is 4. The first kappa shape index (κ1) is 12.0. The fraction of sp³-hybridized carbons (Fsp3) is 0.727. The number of rotatable bonds is 3. The molecule has 1 unspecified atom stereocenters. The predicted molar refractivity (Wildman–Crippen MR) is 69.1 cm³/mol. The minimum atomic E-state index is 0.227. The molecule has 1 aliphatic heterocycles.